The fourth-order valence-corrected chi connectivity index (χ4v) is 6.52. The Bertz CT molecular complexity index is 2220. The summed E-state index contributed by atoms with van der Waals surface area (Å²) in [7, 11) is 0. The zero-order valence-electron chi connectivity index (χ0n) is 19.9. The quantitative estimate of drug-likeness (QED) is 0.229. The lowest BCUT2D eigenvalue weighted by Crippen LogP contribution is -1.95. The minimum Gasteiger partial charge on any atom is -0.309 e. The maximum Gasteiger partial charge on any atom is 0.146 e. The number of pyridine rings is 2. The number of aromatic nitrogens is 4. The fourth-order valence-electron chi connectivity index (χ4n) is 6.52. The molecule has 8 aromatic rings. The molecule has 0 radical (unpaired) electrons. The van der Waals surface area contributed by atoms with Crippen molar-refractivity contribution in [2.45, 2.75) is 6.42 Å². The van der Waals surface area contributed by atoms with Crippen LogP contribution in [0.5, 0.6) is 0 Å². The highest BCUT2D eigenvalue weighted by atomic mass is 15.0. The van der Waals surface area contributed by atoms with Crippen LogP contribution in [0, 0.1) is 0 Å². The molecule has 4 heterocycles. The number of rotatable bonds is 1. The minimum atomic E-state index is 0.934. The fraction of sp³-hybridized carbons (Fsp3) is 0.0303. The van der Waals surface area contributed by atoms with Crippen molar-refractivity contribution >= 4 is 49.3 Å². The van der Waals surface area contributed by atoms with E-state index in [-0.39, 0.29) is 0 Å². The average Bonchev–Trinajstić information content (AvgIpc) is 3.66. The standard InChI is InChI=1S/C33H20N4/c1-2-8-22(9-3-1)37-28-13-12-25-30(24-11-6-14-34-32(24)36-16-15-35-33(25)36)31(28)27-18-21-17-20-7-4-5-10-23(20)26(21)19-29(27)37/h1-16,18-19H,17H2. The van der Waals surface area contributed by atoms with Crippen molar-refractivity contribution in [1.82, 2.24) is 18.9 Å². The van der Waals surface area contributed by atoms with E-state index in [9.17, 15) is 0 Å². The van der Waals surface area contributed by atoms with Gasteiger partial charge in [0.05, 0.1) is 11.0 Å². The SMILES string of the molecule is c1ccc(-n2c3cc4c(cc3c3c5c6cccnc6n6ccnc6c5ccc32)Cc2ccccc2-4)cc1. The summed E-state index contributed by atoms with van der Waals surface area (Å²) in [5.41, 5.74) is 11.0. The van der Waals surface area contributed by atoms with Crippen molar-refractivity contribution in [1.29, 1.82) is 0 Å². The molecule has 4 heteroatoms. The van der Waals surface area contributed by atoms with Crippen molar-refractivity contribution in [3.05, 3.63) is 121 Å². The summed E-state index contributed by atoms with van der Waals surface area (Å²) < 4.78 is 4.53. The van der Waals surface area contributed by atoms with Gasteiger partial charge in [-0.25, -0.2) is 9.97 Å². The van der Waals surface area contributed by atoms with Crippen LogP contribution in [0.2, 0.25) is 0 Å². The van der Waals surface area contributed by atoms with Gasteiger partial charge in [0.2, 0.25) is 0 Å². The van der Waals surface area contributed by atoms with Crippen molar-refractivity contribution in [3.63, 3.8) is 0 Å². The van der Waals surface area contributed by atoms with Gasteiger partial charge in [-0.05, 0) is 77.2 Å². The smallest absolute Gasteiger partial charge is 0.146 e. The lowest BCUT2D eigenvalue weighted by atomic mass is 9.99. The van der Waals surface area contributed by atoms with Crippen molar-refractivity contribution in [2.24, 2.45) is 0 Å². The van der Waals surface area contributed by atoms with Gasteiger partial charge in [-0.15, -0.1) is 0 Å². The van der Waals surface area contributed by atoms with Gasteiger partial charge in [-0.3, -0.25) is 4.40 Å². The second-order valence-corrected chi connectivity index (χ2v) is 9.91. The number of fused-ring (bicyclic) bond motifs is 13. The van der Waals surface area contributed by atoms with E-state index >= 15 is 0 Å². The molecule has 4 aromatic heterocycles. The van der Waals surface area contributed by atoms with Crippen molar-refractivity contribution in [3.8, 4) is 16.8 Å². The van der Waals surface area contributed by atoms with Crippen LogP contribution in [-0.2, 0) is 6.42 Å². The summed E-state index contributed by atoms with van der Waals surface area (Å²) in [6.07, 6.45) is 6.71. The van der Waals surface area contributed by atoms with Gasteiger partial charge >= 0.3 is 0 Å². The van der Waals surface area contributed by atoms with Crippen LogP contribution in [0.1, 0.15) is 11.1 Å². The molecule has 1 aliphatic rings. The Balaban J connectivity index is 1.55. The second-order valence-electron chi connectivity index (χ2n) is 9.91. The van der Waals surface area contributed by atoms with E-state index in [4.69, 9.17) is 9.97 Å². The van der Waals surface area contributed by atoms with Gasteiger partial charge in [-0.1, -0.05) is 42.5 Å². The molecule has 0 aliphatic heterocycles. The highest BCUT2D eigenvalue weighted by molar-refractivity contribution is 6.30. The van der Waals surface area contributed by atoms with Crippen LogP contribution in [0.4, 0.5) is 0 Å². The molecular formula is C33H20N4. The molecule has 4 aromatic carbocycles. The van der Waals surface area contributed by atoms with Gasteiger partial charge in [-0.2, -0.15) is 0 Å². The second kappa shape index (κ2) is 6.83. The van der Waals surface area contributed by atoms with Gasteiger partial charge in [0.15, 0.2) is 0 Å². The summed E-state index contributed by atoms with van der Waals surface area (Å²) >= 11 is 0. The highest BCUT2D eigenvalue weighted by Crippen LogP contribution is 2.45. The predicted molar refractivity (Wildman–Crippen MR) is 151 cm³/mol. The maximum atomic E-state index is 4.78. The third kappa shape index (κ3) is 2.42. The molecule has 0 atom stereocenters. The molecule has 4 nitrogen and oxygen atoms in total. The molecule has 9 rings (SSSR count). The van der Waals surface area contributed by atoms with E-state index in [0.29, 0.717) is 0 Å². The van der Waals surface area contributed by atoms with Crippen LogP contribution in [0.3, 0.4) is 0 Å². The number of nitrogens with zero attached hydrogens (tertiary/aromatic N) is 4. The van der Waals surface area contributed by atoms with E-state index in [1.807, 2.05) is 24.7 Å². The van der Waals surface area contributed by atoms with Crippen LogP contribution in [0.15, 0.2) is 110 Å². The summed E-state index contributed by atoms with van der Waals surface area (Å²) in [4.78, 5) is 9.53. The Morgan fingerprint density at radius 3 is 2.30 bits per heavy atom. The molecule has 172 valence electrons. The zero-order chi connectivity index (χ0) is 24.1. The lowest BCUT2D eigenvalue weighted by Gasteiger charge is -2.10. The first kappa shape index (κ1) is 19.3. The average molecular weight is 473 g/mol. The number of hydrogen-bond acceptors (Lipinski definition) is 2. The summed E-state index contributed by atoms with van der Waals surface area (Å²) in [6.45, 7) is 0. The van der Waals surface area contributed by atoms with Crippen LogP contribution < -0.4 is 0 Å². The molecule has 0 spiro atoms. The van der Waals surface area contributed by atoms with Crippen LogP contribution >= 0.6 is 0 Å². The Kier molecular flexibility index (Phi) is 3.55. The third-order valence-electron chi connectivity index (χ3n) is 8.02. The minimum absolute atomic E-state index is 0.934. The highest BCUT2D eigenvalue weighted by Gasteiger charge is 2.24. The lowest BCUT2D eigenvalue weighted by molar-refractivity contribution is 1.18. The topological polar surface area (TPSA) is 35.1 Å². The molecule has 0 unspecified atom stereocenters. The van der Waals surface area contributed by atoms with Gasteiger partial charge in [0, 0.05) is 51.2 Å². The molecule has 0 saturated heterocycles. The normalized spacial score (nSPS) is 12.8. The van der Waals surface area contributed by atoms with Crippen molar-refractivity contribution in [2.75, 3.05) is 0 Å². The predicted octanol–water partition coefficient (Wildman–Crippen LogP) is 7.70. The molecule has 0 fully saturated rings. The number of imidazole rings is 1. The Hall–Kier alpha value is -4.96. The zero-order valence-corrected chi connectivity index (χ0v) is 19.9. The van der Waals surface area contributed by atoms with E-state index < -0.39 is 0 Å². The number of benzene rings is 4. The molecule has 0 amide bonds. The summed E-state index contributed by atoms with van der Waals surface area (Å²) in [5.74, 6) is 0. The van der Waals surface area contributed by atoms with Gasteiger partial charge in [0.25, 0.3) is 0 Å². The van der Waals surface area contributed by atoms with E-state index in [1.54, 1.807) is 0 Å². The number of hydrogen-bond donors (Lipinski definition) is 0. The van der Waals surface area contributed by atoms with E-state index in [1.165, 1.54) is 49.4 Å². The first-order valence-corrected chi connectivity index (χ1v) is 12.6. The molecular weight excluding hydrogens is 452 g/mol. The third-order valence-corrected chi connectivity index (χ3v) is 8.02. The maximum absolute atomic E-state index is 4.78. The van der Waals surface area contributed by atoms with Crippen LogP contribution in [0.25, 0.3) is 66.1 Å². The summed E-state index contributed by atoms with van der Waals surface area (Å²) in [6, 6.07) is 33.1. The van der Waals surface area contributed by atoms with Crippen molar-refractivity contribution < 1.29 is 0 Å². The molecule has 1 aliphatic carbocycles. The molecule has 0 N–H and O–H groups in total. The molecule has 0 saturated carbocycles. The Morgan fingerprint density at radius 1 is 0.568 bits per heavy atom. The first-order valence-electron chi connectivity index (χ1n) is 12.6. The Labute approximate surface area is 212 Å². The van der Waals surface area contributed by atoms with E-state index in [2.05, 4.69) is 93.9 Å². The molecule has 0 bridgehead atoms. The molecule has 37 heavy (non-hydrogen) atoms. The van der Waals surface area contributed by atoms with Crippen LogP contribution in [-0.4, -0.2) is 18.9 Å². The largest absolute Gasteiger partial charge is 0.309 e. The Morgan fingerprint density at radius 2 is 1.38 bits per heavy atom. The van der Waals surface area contributed by atoms with Gasteiger partial charge in [0.1, 0.15) is 11.3 Å². The summed E-state index contributed by atoms with van der Waals surface area (Å²) in [5, 5.41) is 6.04. The first-order chi connectivity index (χ1) is 18.4. The number of para-hydroxylation sites is 1. The van der Waals surface area contributed by atoms with E-state index in [0.717, 1.165) is 34.2 Å². The van der Waals surface area contributed by atoms with Gasteiger partial charge < -0.3 is 4.57 Å². The monoisotopic (exact) mass is 472 g/mol.